The van der Waals surface area contributed by atoms with Crippen LogP contribution in [0.25, 0.3) is 0 Å². The van der Waals surface area contributed by atoms with Gasteiger partial charge in [0.15, 0.2) is 15.9 Å². The molecule has 2 aromatic heterocycles. The fraction of sp³-hybridized carbons (Fsp3) is 0.267. The lowest BCUT2D eigenvalue weighted by Gasteiger charge is -2.24. The number of anilines is 1. The number of unbranched alkanes of at least 4 members (excludes halogenated alkanes) is 2. The maximum Gasteiger partial charge on any atom is 0.296 e. The van der Waals surface area contributed by atoms with Gasteiger partial charge < -0.3 is 14.3 Å². The number of benzene rings is 2. The molecule has 10 heteroatoms. The molecule has 0 saturated carbocycles. The van der Waals surface area contributed by atoms with Crippen molar-refractivity contribution in [1.29, 1.82) is 0 Å². The van der Waals surface area contributed by atoms with Crippen LogP contribution in [0.15, 0.2) is 87.0 Å². The van der Waals surface area contributed by atoms with Gasteiger partial charge in [0.25, 0.3) is 5.91 Å². The van der Waals surface area contributed by atoms with E-state index in [1.807, 2.05) is 6.92 Å². The Kier molecular flexibility index (Phi) is 8.66. The minimum absolute atomic E-state index is 0.0312. The molecule has 4 aromatic rings. The summed E-state index contributed by atoms with van der Waals surface area (Å²) in [5, 5.41) is 19.8. The van der Waals surface area contributed by atoms with Gasteiger partial charge in [0.1, 0.15) is 5.75 Å². The van der Waals surface area contributed by atoms with Gasteiger partial charge in [-0.05, 0) is 48.7 Å². The van der Waals surface area contributed by atoms with E-state index in [4.69, 9.17) is 9.15 Å². The number of nitrogens with zero attached hydrogens (tertiary/aromatic N) is 3. The van der Waals surface area contributed by atoms with Crippen LogP contribution in [0, 0.1) is 6.92 Å². The normalized spacial score (nSPS) is 15.2. The van der Waals surface area contributed by atoms with E-state index in [2.05, 4.69) is 41.4 Å². The lowest BCUT2D eigenvalue weighted by atomic mass is 9.95. The first kappa shape index (κ1) is 27.7. The Morgan fingerprint density at radius 3 is 2.58 bits per heavy atom. The Bertz CT molecular complexity index is 1500. The number of aliphatic hydroxyl groups is 1. The molecular formula is C30H29N3O5S2. The fourth-order valence-electron chi connectivity index (χ4n) is 4.37. The summed E-state index contributed by atoms with van der Waals surface area (Å²) in [4.78, 5) is 28.2. The minimum Gasteiger partial charge on any atom is -0.503 e. The number of hydrogen-bond acceptors (Lipinski definition) is 9. The molecule has 0 aliphatic carbocycles. The number of carbonyl (C=O) groups excluding carboxylic acids is 2. The van der Waals surface area contributed by atoms with Gasteiger partial charge in [0, 0.05) is 5.75 Å². The third-order valence-electron chi connectivity index (χ3n) is 6.49. The summed E-state index contributed by atoms with van der Waals surface area (Å²) < 4.78 is 11.8. The van der Waals surface area contributed by atoms with Gasteiger partial charge in [0.2, 0.25) is 10.9 Å². The highest BCUT2D eigenvalue weighted by atomic mass is 32.2. The first-order chi connectivity index (χ1) is 19.5. The lowest BCUT2D eigenvalue weighted by molar-refractivity contribution is -0.117. The molecule has 1 amide bonds. The van der Waals surface area contributed by atoms with Gasteiger partial charge in [0.05, 0.1) is 24.5 Å². The van der Waals surface area contributed by atoms with Crippen molar-refractivity contribution < 1.29 is 23.8 Å². The van der Waals surface area contributed by atoms with Gasteiger partial charge in [-0.15, -0.1) is 10.2 Å². The van der Waals surface area contributed by atoms with E-state index in [1.54, 1.807) is 30.3 Å². The zero-order valence-electron chi connectivity index (χ0n) is 22.2. The Labute approximate surface area is 240 Å². The number of ether oxygens (including phenoxy) is 1. The molecule has 40 heavy (non-hydrogen) atoms. The van der Waals surface area contributed by atoms with Gasteiger partial charge in [-0.25, -0.2) is 0 Å². The monoisotopic (exact) mass is 575 g/mol. The molecule has 0 bridgehead atoms. The van der Waals surface area contributed by atoms with Crippen molar-refractivity contribution in [3.05, 3.63) is 101 Å². The van der Waals surface area contributed by atoms with E-state index in [1.165, 1.54) is 45.9 Å². The van der Waals surface area contributed by atoms with Crippen LogP contribution in [-0.4, -0.2) is 33.6 Å². The van der Waals surface area contributed by atoms with Crippen LogP contribution in [0.2, 0.25) is 0 Å². The van der Waals surface area contributed by atoms with Crippen LogP contribution >= 0.6 is 23.1 Å². The number of hydrogen-bond donors (Lipinski definition) is 1. The second-order valence-corrected chi connectivity index (χ2v) is 11.6. The Morgan fingerprint density at radius 1 is 1.10 bits per heavy atom. The summed E-state index contributed by atoms with van der Waals surface area (Å²) >= 11 is 2.74. The number of aromatic nitrogens is 2. The molecule has 5 rings (SSSR count). The van der Waals surface area contributed by atoms with Crippen molar-refractivity contribution in [1.82, 2.24) is 10.2 Å². The Hall–Kier alpha value is -3.89. The number of rotatable bonds is 12. The number of ketones is 1. The average molecular weight is 576 g/mol. The SMILES string of the molecule is CCCCCOc1ccc(C2C(C(=O)c3ccco3)=C(O)C(=O)N2c2nnc(SCc3ccc(C)cc3)s2)cc1. The quantitative estimate of drug-likeness (QED) is 0.0826. The molecular weight excluding hydrogens is 546 g/mol. The first-order valence-electron chi connectivity index (χ1n) is 13.1. The largest absolute Gasteiger partial charge is 0.503 e. The summed E-state index contributed by atoms with van der Waals surface area (Å²) in [6.45, 7) is 4.79. The second-order valence-electron chi connectivity index (χ2n) is 9.40. The summed E-state index contributed by atoms with van der Waals surface area (Å²) in [6.07, 6.45) is 4.53. The van der Waals surface area contributed by atoms with E-state index in [0.717, 1.165) is 24.8 Å². The van der Waals surface area contributed by atoms with Crippen LogP contribution in [0.1, 0.15) is 59.5 Å². The molecule has 0 radical (unpaired) electrons. The molecule has 0 spiro atoms. The van der Waals surface area contributed by atoms with Gasteiger partial charge in [-0.1, -0.05) is 84.8 Å². The highest BCUT2D eigenvalue weighted by Crippen LogP contribution is 2.44. The van der Waals surface area contributed by atoms with Crippen molar-refractivity contribution in [3.63, 3.8) is 0 Å². The van der Waals surface area contributed by atoms with Gasteiger partial charge >= 0.3 is 0 Å². The summed E-state index contributed by atoms with van der Waals surface area (Å²) in [5.74, 6) is -0.502. The molecule has 3 heterocycles. The van der Waals surface area contributed by atoms with Crippen molar-refractivity contribution in [3.8, 4) is 5.75 Å². The maximum absolute atomic E-state index is 13.4. The predicted octanol–water partition coefficient (Wildman–Crippen LogP) is 7.08. The van der Waals surface area contributed by atoms with Crippen LogP contribution in [0.3, 0.4) is 0 Å². The third-order valence-corrected chi connectivity index (χ3v) is 8.62. The molecule has 0 saturated heterocycles. The van der Waals surface area contributed by atoms with Crippen molar-refractivity contribution in [2.24, 2.45) is 0 Å². The number of aliphatic hydroxyl groups excluding tert-OH is 1. The van der Waals surface area contributed by atoms with Crippen molar-refractivity contribution >= 4 is 39.9 Å². The van der Waals surface area contributed by atoms with Crippen LogP contribution in [0.4, 0.5) is 5.13 Å². The van der Waals surface area contributed by atoms with E-state index in [9.17, 15) is 14.7 Å². The number of amides is 1. The smallest absolute Gasteiger partial charge is 0.296 e. The van der Waals surface area contributed by atoms with Crippen molar-refractivity contribution in [2.45, 2.75) is 49.2 Å². The Balaban J connectivity index is 1.43. The number of carbonyl (C=O) groups is 2. The number of Topliss-reactive ketones (excluding diaryl/α,β-unsaturated/α-hetero) is 1. The summed E-state index contributed by atoms with van der Waals surface area (Å²) in [6, 6.07) is 17.6. The third kappa shape index (κ3) is 5.97. The molecule has 206 valence electrons. The highest BCUT2D eigenvalue weighted by molar-refractivity contribution is 8.00. The zero-order chi connectivity index (χ0) is 28.1. The van der Waals surface area contributed by atoms with E-state index in [-0.39, 0.29) is 16.5 Å². The minimum atomic E-state index is -0.915. The lowest BCUT2D eigenvalue weighted by Crippen LogP contribution is -2.31. The molecule has 1 atom stereocenters. The number of aryl methyl sites for hydroxylation is 1. The summed E-state index contributed by atoms with van der Waals surface area (Å²) in [5.41, 5.74) is 2.89. The van der Waals surface area contributed by atoms with E-state index >= 15 is 0 Å². The maximum atomic E-state index is 13.4. The molecule has 1 unspecified atom stereocenters. The van der Waals surface area contributed by atoms with Gasteiger partial charge in [-0.3, -0.25) is 14.5 Å². The standard InChI is InChI=1S/C30H29N3O5S2/c1-3-4-5-16-37-22-14-12-21(13-15-22)25-24(26(34)23-7-6-17-38-23)27(35)28(36)33(25)29-31-32-30(40-29)39-18-20-10-8-19(2)9-11-20/h6-15,17,25,35H,3-5,16,18H2,1-2H3. The van der Waals surface area contributed by atoms with E-state index in [0.29, 0.717) is 28.0 Å². The fourth-order valence-corrected chi connectivity index (χ4v) is 6.19. The predicted molar refractivity (Wildman–Crippen MR) is 155 cm³/mol. The van der Waals surface area contributed by atoms with Crippen molar-refractivity contribution in [2.75, 3.05) is 11.5 Å². The summed E-state index contributed by atoms with van der Waals surface area (Å²) in [7, 11) is 0. The van der Waals surface area contributed by atoms with Gasteiger partial charge in [-0.2, -0.15) is 0 Å². The highest BCUT2D eigenvalue weighted by Gasteiger charge is 2.46. The van der Waals surface area contributed by atoms with Crippen LogP contribution in [-0.2, 0) is 10.5 Å². The van der Waals surface area contributed by atoms with Crippen LogP contribution in [0.5, 0.6) is 5.75 Å². The Morgan fingerprint density at radius 2 is 1.88 bits per heavy atom. The average Bonchev–Trinajstić information content (AvgIpc) is 3.72. The second kappa shape index (κ2) is 12.5. The molecule has 0 fully saturated rings. The van der Waals surface area contributed by atoms with E-state index < -0.39 is 23.5 Å². The first-order valence-corrected chi connectivity index (χ1v) is 14.9. The molecule has 2 aromatic carbocycles. The molecule has 1 aliphatic heterocycles. The number of thioether (sulfide) groups is 1. The van der Waals surface area contributed by atoms with Crippen LogP contribution < -0.4 is 9.64 Å². The zero-order valence-corrected chi connectivity index (χ0v) is 23.8. The molecule has 8 nitrogen and oxygen atoms in total. The molecule has 1 N–H and O–H groups in total. The topological polar surface area (TPSA) is 106 Å². The number of furan rings is 1. The molecule has 1 aliphatic rings.